The average Bonchev–Trinajstić information content (AvgIpc) is 2.71. The Balaban J connectivity index is 2.22. The van der Waals surface area contributed by atoms with Gasteiger partial charge in [0.2, 0.25) is 0 Å². The molecule has 4 nitrogen and oxygen atoms in total. The Morgan fingerprint density at radius 3 is 2.94 bits per heavy atom. The Morgan fingerprint density at radius 1 is 1.44 bits per heavy atom. The van der Waals surface area contributed by atoms with Gasteiger partial charge in [0.15, 0.2) is 0 Å². The van der Waals surface area contributed by atoms with Gasteiger partial charge in [-0.05, 0) is 18.2 Å². The zero-order chi connectivity index (χ0) is 11.5. The zero-order valence-electron chi connectivity index (χ0n) is 8.27. The van der Waals surface area contributed by atoms with Gasteiger partial charge in [0, 0.05) is 10.6 Å². The predicted octanol–water partition coefficient (Wildman–Crippen LogP) is 1.61. The maximum atomic E-state index is 13.4. The number of aliphatic hydroxyl groups excluding tert-OH is 1. The Kier molecular flexibility index (Phi) is 3.17. The molecule has 0 unspecified atom stereocenters. The summed E-state index contributed by atoms with van der Waals surface area (Å²) in [4.78, 5) is 0. The third-order valence-corrected chi connectivity index (χ3v) is 2.32. The fourth-order valence-corrected chi connectivity index (χ4v) is 1.52. The van der Waals surface area contributed by atoms with Gasteiger partial charge in [-0.25, -0.2) is 9.07 Å². The van der Waals surface area contributed by atoms with Gasteiger partial charge >= 0.3 is 0 Å². The molecule has 0 saturated heterocycles. The van der Waals surface area contributed by atoms with Gasteiger partial charge in [-0.1, -0.05) is 16.8 Å². The lowest BCUT2D eigenvalue weighted by atomic mass is 10.2. The van der Waals surface area contributed by atoms with Gasteiger partial charge in [0.25, 0.3) is 0 Å². The normalized spacial score (nSPS) is 10.7. The van der Waals surface area contributed by atoms with Crippen LogP contribution < -0.4 is 0 Å². The van der Waals surface area contributed by atoms with Crippen molar-refractivity contribution in [3.8, 4) is 0 Å². The molecule has 0 fully saturated rings. The highest BCUT2D eigenvalue weighted by molar-refractivity contribution is 6.30. The number of benzene rings is 1. The number of nitrogens with zero attached hydrogens (tertiary/aromatic N) is 3. The first-order valence-corrected chi connectivity index (χ1v) is 5.00. The number of rotatable bonds is 3. The van der Waals surface area contributed by atoms with Crippen LogP contribution >= 0.6 is 11.6 Å². The van der Waals surface area contributed by atoms with Crippen LogP contribution in [-0.4, -0.2) is 20.1 Å². The van der Waals surface area contributed by atoms with E-state index in [9.17, 15) is 4.39 Å². The van der Waals surface area contributed by atoms with Crippen LogP contribution in [0.4, 0.5) is 4.39 Å². The van der Waals surface area contributed by atoms with Gasteiger partial charge in [-0.2, -0.15) is 0 Å². The molecular formula is C10H9ClFN3O. The fourth-order valence-electron chi connectivity index (χ4n) is 1.33. The highest BCUT2D eigenvalue weighted by Crippen LogP contribution is 2.15. The third kappa shape index (κ3) is 2.37. The molecule has 0 bridgehead atoms. The Bertz CT molecular complexity index is 501. The van der Waals surface area contributed by atoms with Crippen LogP contribution in [0.15, 0.2) is 24.4 Å². The molecule has 0 amide bonds. The van der Waals surface area contributed by atoms with Crippen molar-refractivity contribution in [2.45, 2.75) is 13.2 Å². The highest BCUT2D eigenvalue weighted by Gasteiger charge is 2.05. The van der Waals surface area contributed by atoms with Crippen molar-refractivity contribution in [3.63, 3.8) is 0 Å². The average molecular weight is 242 g/mol. The molecule has 84 valence electrons. The number of aliphatic hydroxyl groups is 1. The second-order valence-electron chi connectivity index (χ2n) is 3.30. The lowest BCUT2D eigenvalue weighted by Crippen LogP contribution is -2.02. The molecule has 0 atom stereocenters. The van der Waals surface area contributed by atoms with Crippen LogP contribution in [0, 0.1) is 5.82 Å². The minimum atomic E-state index is -0.342. The summed E-state index contributed by atoms with van der Waals surface area (Å²) < 4.78 is 14.8. The summed E-state index contributed by atoms with van der Waals surface area (Å²) >= 11 is 5.76. The predicted molar refractivity (Wildman–Crippen MR) is 56.5 cm³/mol. The van der Waals surface area contributed by atoms with E-state index in [0.29, 0.717) is 16.3 Å². The molecule has 0 saturated carbocycles. The molecule has 1 aromatic heterocycles. The van der Waals surface area contributed by atoms with Crippen molar-refractivity contribution >= 4 is 11.6 Å². The number of aromatic nitrogens is 3. The standard InChI is InChI=1S/C10H9ClFN3O/c11-8-1-2-10(12)7(3-8)4-15-5-9(6-16)13-14-15/h1-3,5,16H,4,6H2. The molecule has 16 heavy (non-hydrogen) atoms. The summed E-state index contributed by atoms with van der Waals surface area (Å²) in [6.45, 7) is 0.0530. The van der Waals surface area contributed by atoms with Crippen molar-refractivity contribution in [2.75, 3.05) is 0 Å². The van der Waals surface area contributed by atoms with E-state index in [1.165, 1.54) is 22.9 Å². The van der Waals surface area contributed by atoms with Gasteiger partial charge in [0.1, 0.15) is 11.5 Å². The van der Waals surface area contributed by atoms with E-state index >= 15 is 0 Å². The molecule has 0 aliphatic rings. The van der Waals surface area contributed by atoms with Crippen LogP contribution in [-0.2, 0) is 13.2 Å². The number of hydrogen-bond donors (Lipinski definition) is 1. The van der Waals surface area contributed by atoms with Crippen molar-refractivity contribution in [1.29, 1.82) is 0 Å². The Hall–Kier alpha value is -1.46. The molecule has 1 heterocycles. The summed E-state index contributed by atoms with van der Waals surface area (Å²) in [5.41, 5.74) is 0.879. The molecule has 6 heteroatoms. The fraction of sp³-hybridized carbons (Fsp3) is 0.200. The second-order valence-corrected chi connectivity index (χ2v) is 3.74. The first-order valence-electron chi connectivity index (χ1n) is 4.63. The molecular weight excluding hydrogens is 233 g/mol. The van der Waals surface area contributed by atoms with E-state index in [1.807, 2.05) is 0 Å². The summed E-state index contributed by atoms with van der Waals surface area (Å²) in [5.74, 6) is -0.342. The molecule has 2 aromatic rings. The van der Waals surface area contributed by atoms with Gasteiger partial charge < -0.3 is 5.11 Å². The third-order valence-electron chi connectivity index (χ3n) is 2.09. The van der Waals surface area contributed by atoms with Gasteiger partial charge in [0.05, 0.1) is 19.3 Å². The lowest BCUT2D eigenvalue weighted by molar-refractivity contribution is 0.276. The second kappa shape index (κ2) is 4.59. The lowest BCUT2D eigenvalue weighted by Gasteiger charge is -2.03. The van der Waals surface area contributed by atoms with E-state index in [0.717, 1.165) is 0 Å². The molecule has 0 aliphatic carbocycles. The summed E-state index contributed by atoms with van der Waals surface area (Å²) in [5, 5.41) is 16.7. The maximum Gasteiger partial charge on any atom is 0.128 e. The summed E-state index contributed by atoms with van der Waals surface area (Å²) in [6, 6.07) is 4.33. The number of hydrogen-bond acceptors (Lipinski definition) is 3. The Labute approximate surface area is 96.3 Å². The number of halogens is 2. The van der Waals surface area contributed by atoms with Crippen LogP contribution in [0.2, 0.25) is 5.02 Å². The monoisotopic (exact) mass is 241 g/mol. The van der Waals surface area contributed by atoms with Crippen molar-refractivity contribution < 1.29 is 9.50 Å². The van der Waals surface area contributed by atoms with Crippen molar-refractivity contribution in [3.05, 3.63) is 46.5 Å². The first-order chi connectivity index (χ1) is 7.69. The first kappa shape index (κ1) is 11.0. The molecule has 0 spiro atoms. The minimum absolute atomic E-state index is 0.183. The molecule has 1 N–H and O–H groups in total. The largest absolute Gasteiger partial charge is 0.390 e. The van der Waals surface area contributed by atoms with Crippen molar-refractivity contribution in [1.82, 2.24) is 15.0 Å². The smallest absolute Gasteiger partial charge is 0.128 e. The zero-order valence-corrected chi connectivity index (χ0v) is 9.02. The van der Waals surface area contributed by atoms with E-state index < -0.39 is 0 Å². The molecule has 1 aromatic carbocycles. The van der Waals surface area contributed by atoms with E-state index in [4.69, 9.17) is 16.7 Å². The van der Waals surface area contributed by atoms with E-state index in [-0.39, 0.29) is 19.0 Å². The van der Waals surface area contributed by atoms with Crippen LogP contribution in [0.25, 0.3) is 0 Å². The summed E-state index contributed by atoms with van der Waals surface area (Å²) in [7, 11) is 0. The highest BCUT2D eigenvalue weighted by atomic mass is 35.5. The van der Waals surface area contributed by atoms with Gasteiger partial charge in [-0.15, -0.1) is 5.10 Å². The minimum Gasteiger partial charge on any atom is -0.390 e. The molecule has 0 aliphatic heterocycles. The topological polar surface area (TPSA) is 50.9 Å². The van der Waals surface area contributed by atoms with Crippen LogP contribution in [0.3, 0.4) is 0 Å². The van der Waals surface area contributed by atoms with Crippen LogP contribution in [0.5, 0.6) is 0 Å². The van der Waals surface area contributed by atoms with Gasteiger partial charge in [-0.3, -0.25) is 0 Å². The quantitative estimate of drug-likeness (QED) is 0.888. The van der Waals surface area contributed by atoms with Crippen molar-refractivity contribution in [2.24, 2.45) is 0 Å². The Morgan fingerprint density at radius 2 is 2.25 bits per heavy atom. The maximum absolute atomic E-state index is 13.4. The SMILES string of the molecule is OCc1cn(Cc2cc(Cl)ccc2F)nn1. The van der Waals surface area contributed by atoms with Crippen LogP contribution in [0.1, 0.15) is 11.3 Å². The molecule has 0 radical (unpaired) electrons. The summed E-state index contributed by atoms with van der Waals surface area (Å²) in [6.07, 6.45) is 1.56. The van der Waals surface area contributed by atoms with E-state index in [1.54, 1.807) is 6.20 Å². The molecule has 2 rings (SSSR count). The van der Waals surface area contributed by atoms with E-state index in [2.05, 4.69) is 10.3 Å².